The molecule has 7 heteroatoms. The topological polar surface area (TPSA) is 99.5 Å². The lowest BCUT2D eigenvalue weighted by Crippen LogP contribution is -2.36. The number of ketones is 1. The summed E-state index contributed by atoms with van der Waals surface area (Å²) in [6.45, 7) is 3.38. The second-order valence-electron chi connectivity index (χ2n) is 3.61. The van der Waals surface area contributed by atoms with Crippen LogP contribution in [0.4, 0.5) is 0 Å². The summed E-state index contributed by atoms with van der Waals surface area (Å²) in [6.07, 6.45) is 0.844. The lowest BCUT2D eigenvalue weighted by molar-refractivity contribution is -0.117. The van der Waals surface area contributed by atoms with E-state index in [0.29, 0.717) is 0 Å². The molecule has 0 unspecified atom stereocenters. The van der Waals surface area contributed by atoms with Gasteiger partial charge in [0.25, 0.3) is 11.7 Å². The number of hydrogen-bond acceptors (Lipinski definition) is 5. The summed E-state index contributed by atoms with van der Waals surface area (Å²) in [5.41, 5.74) is -0.403. The molecule has 0 radical (unpaired) electrons. The fourth-order valence-corrected chi connectivity index (χ4v) is 1.29. The van der Waals surface area contributed by atoms with E-state index in [1.54, 1.807) is 13.8 Å². The Morgan fingerprint density at radius 3 is 2.53 bits per heavy atom. The molecular weight excluding hydrogens is 248 g/mol. The molecule has 92 valence electrons. The van der Waals surface area contributed by atoms with Gasteiger partial charge in [0, 0.05) is 6.04 Å². The van der Waals surface area contributed by atoms with E-state index in [1.807, 2.05) is 0 Å². The van der Waals surface area contributed by atoms with Crippen LogP contribution in [0.25, 0.3) is 0 Å². The molecule has 17 heavy (non-hydrogen) atoms. The maximum atomic E-state index is 11.6. The molecule has 0 aliphatic heterocycles. The third kappa shape index (κ3) is 2.85. The molecule has 0 bridgehead atoms. The molecule has 0 aliphatic carbocycles. The van der Waals surface area contributed by atoms with Crippen LogP contribution in [-0.4, -0.2) is 32.9 Å². The number of nitrogens with zero attached hydrogens (tertiary/aromatic N) is 1. The predicted molar refractivity (Wildman–Crippen MR) is 60.2 cm³/mol. The van der Waals surface area contributed by atoms with Crippen molar-refractivity contribution in [3.8, 4) is 11.5 Å². The second-order valence-corrected chi connectivity index (χ2v) is 3.99. The minimum atomic E-state index is -0.973. The summed E-state index contributed by atoms with van der Waals surface area (Å²) < 4.78 is 0. The molecule has 1 heterocycles. The minimum absolute atomic E-state index is 0.212. The molecule has 1 aromatic heterocycles. The van der Waals surface area contributed by atoms with Crippen molar-refractivity contribution in [3.05, 3.63) is 16.9 Å². The Morgan fingerprint density at radius 1 is 1.41 bits per heavy atom. The summed E-state index contributed by atoms with van der Waals surface area (Å²) >= 11 is 5.60. The number of hydrogen-bond donors (Lipinski definition) is 3. The van der Waals surface area contributed by atoms with Gasteiger partial charge in [-0.05, 0) is 13.8 Å². The molecule has 0 aromatic carbocycles. The SMILES string of the molecule is CC(C)NC(=O)C(=O)c1ncc(O)c(O)c1Cl. The van der Waals surface area contributed by atoms with Gasteiger partial charge < -0.3 is 15.5 Å². The van der Waals surface area contributed by atoms with Gasteiger partial charge in [0.2, 0.25) is 0 Å². The van der Waals surface area contributed by atoms with Crippen LogP contribution in [0, 0.1) is 0 Å². The van der Waals surface area contributed by atoms with Crippen LogP contribution in [-0.2, 0) is 4.79 Å². The van der Waals surface area contributed by atoms with E-state index in [9.17, 15) is 14.7 Å². The maximum Gasteiger partial charge on any atom is 0.294 e. The standard InChI is InChI=1S/C10H11ClN2O4/c1-4(2)13-10(17)9(16)7-6(11)8(15)5(14)3-12-7/h3-4,14H,1-2H3,(H,12,15)(H,13,17). The normalized spacial score (nSPS) is 10.4. The second kappa shape index (κ2) is 5.01. The zero-order valence-corrected chi connectivity index (χ0v) is 9.95. The van der Waals surface area contributed by atoms with Gasteiger partial charge >= 0.3 is 0 Å². The van der Waals surface area contributed by atoms with Gasteiger partial charge in [0.1, 0.15) is 10.7 Å². The Balaban J connectivity index is 3.05. The molecule has 0 saturated carbocycles. The van der Waals surface area contributed by atoms with Crippen LogP contribution in [0.15, 0.2) is 6.20 Å². The molecular formula is C10H11ClN2O4. The van der Waals surface area contributed by atoms with Gasteiger partial charge in [-0.2, -0.15) is 0 Å². The molecule has 0 saturated heterocycles. The number of carbonyl (C=O) groups excluding carboxylic acids is 2. The van der Waals surface area contributed by atoms with Crippen LogP contribution in [0.5, 0.6) is 11.5 Å². The fraction of sp³-hybridized carbons (Fsp3) is 0.300. The summed E-state index contributed by atoms with van der Waals surface area (Å²) in [7, 11) is 0. The first-order chi connectivity index (χ1) is 7.84. The van der Waals surface area contributed by atoms with Crippen molar-refractivity contribution in [1.29, 1.82) is 0 Å². The zero-order chi connectivity index (χ0) is 13.2. The maximum absolute atomic E-state index is 11.6. The van der Waals surface area contributed by atoms with E-state index >= 15 is 0 Å². The molecule has 3 N–H and O–H groups in total. The third-order valence-corrected chi connectivity index (χ3v) is 2.17. The van der Waals surface area contributed by atoms with Gasteiger partial charge in [-0.3, -0.25) is 9.59 Å². The predicted octanol–water partition coefficient (Wildman–Crippen LogP) is 0.853. The number of aromatic nitrogens is 1. The number of carbonyl (C=O) groups is 2. The van der Waals surface area contributed by atoms with Crippen molar-refractivity contribution in [3.63, 3.8) is 0 Å². The highest BCUT2D eigenvalue weighted by Crippen LogP contribution is 2.33. The van der Waals surface area contributed by atoms with Crippen molar-refractivity contribution in [2.75, 3.05) is 0 Å². The third-order valence-electron chi connectivity index (χ3n) is 1.82. The lowest BCUT2D eigenvalue weighted by Gasteiger charge is -2.08. The smallest absolute Gasteiger partial charge is 0.294 e. The van der Waals surface area contributed by atoms with Gasteiger partial charge in [0.05, 0.1) is 6.20 Å². The number of aromatic hydroxyl groups is 2. The number of amides is 1. The van der Waals surface area contributed by atoms with Gasteiger partial charge in [-0.15, -0.1) is 0 Å². The lowest BCUT2D eigenvalue weighted by atomic mass is 10.2. The van der Waals surface area contributed by atoms with Gasteiger partial charge in [0.15, 0.2) is 11.5 Å². The Hall–Kier alpha value is -1.82. The molecule has 6 nitrogen and oxygen atoms in total. The van der Waals surface area contributed by atoms with Crippen molar-refractivity contribution in [1.82, 2.24) is 10.3 Å². The molecule has 1 aromatic rings. The zero-order valence-electron chi connectivity index (χ0n) is 9.19. The highest BCUT2D eigenvalue weighted by atomic mass is 35.5. The Bertz CT molecular complexity index is 474. The first-order valence-corrected chi connectivity index (χ1v) is 5.14. The monoisotopic (exact) mass is 258 g/mol. The summed E-state index contributed by atoms with van der Waals surface area (Å²) in [5, 5.41) is 20.3. The van der Waals surface area contributed by atoms with E-state index in [-0.39, 0.29) is 6.04 Å². The number of rotatable bonds is 3. The number of pyridine rings is 1. The van der Waals surface area contributed by atoms with Crippen molar-refractivity contribution in [2.45, 2.75) is 19.9 Å². The fourth-order valence-electron chi connectivity index (χ4n) is 1.06. The van der Waals surface area contributed by atoms with E-state index in [0.717, 1.165) is 6.20 Å². The van der Waals surface area contributed by atoms with Crippen LogP contribution in [0.1, 0.15) is 24.3 Å². The Labute approximate surface area is 102 Å². The summed E-state index contributed by atoms with van der Waals surface area (Å²) in [6, 6.07) is -0.212. The van der Waals surface area contributed by atoms with Crippen LogP contribution < -0.4 is 5.32 Å². The first kappa shape index (κ1) is 13.2. The largest absolute Gasteiger partial charge is 0.503 e. The number of halogens is 1. The van der Waals surface area contributed by atoms with Crippen molar-refractivity contribution < 1.29 is 19.8 Å². The van der Waals surface area contributed by atoms with Crippen LogP contribution >= 0.6 is 11.6 Å². The molecule has 1 amide bonds. The summed E-state index contributed by atoms with van der Waals surface area (Å²) in [5.74, 6) is -3.09. The van der Waals surface area contributed by atoms with Crippen LogP contribution in [0.2, 0.25) is 5.02 Å². The average molecular weight is 259 g/mol. The minimum Gasteiger partial charge on any atom is -0.503 e. The van der Waals surface area contributed by atoms with E-state index in [2.05, 4.69) is 10.3 Å². The Morgan fingerprint density at radius 2 is 2.00 bits per heavy atom. The molecule has 0 atom stereocenters. The van der Waals surface area contributed by atoms with E-state index in [1.165, 1.54) is 0 Å². The number of Topliss-reactive ketones (excluding diaryl/α,β-unsaturated/α-hetero) is 1. The van der Waals surface area contributed by atoms with E-state index < -0.39 is 33.9 Å². The van der Waals surface area contributed by atoms with Gasteiger partial charge in [-0.25, -0.2) is 4.98 Å². The highest BCUT2D eigenvalue weighted by molar-refractivity contribution is 6.47. The first-order valence-electron chi connectivity index (χ1n) is 4.76. The van der Waals surface area contributed by atoms with Crippen molar-refractivity contribution in [2.24, 2.45) is 0 Å². The number of nitrogens with one attached hydrogen (secondary N) is 1. The van der Waals surface area contributed by atoms with Crippen molar-refractivity contribution >= 4 is 23.3 Å². The quantitative estimate of drug-likeness (QED) is 0.551. The molecule has 0 spiro atoms. The Kier molecular flexibility index (Phi) is 3.90. The average Bonchev–Trinajstić information content (AvgIpc) is 2.24. The molecule has 0 fully saturated rings. The van der Waals surface area contributed by atoms with Gasteiger partial charge in [-0.1, -0.05) is 11.6 Å². The molecule has 1 rings (SSSR count). The highest BCUT2D eigenvalue weighted by Gasteiger charge is 2.24. The molecule has 0 aliphatic rings. The van der Waals surface area contributed by atoms with E-state index in [4.69, 9.17) is 16.7 Å². The van der Waals surface area contributed by atoms with Crippen LogP contribution in [0.3, 0.4) is 0 Å². The summed E-state index contributed by atoms with van der Waals surface area (Å²) in [4.78, 5) is 26.5.